The van der Waals surface area contributed by atoms with Crippen molar-refractivity contribution in [3.63, 3.8) is 0 Å². The molecule has 0 fully saturated rings. The minimum absolute atomic E-state index is 0.441. The zero-order valence-corrected chi connectivity index (χ0v) is 15.5. The van der Waals surface area contributed by atoms with Gasteiger partial charge in [0.25, 0.3) is 12.2 Å². The van der Waals surface area contributed by atoms with Crippen LogP contribution >= 0.6 is 0 Å². The quantitative estimate of drug-likeness (QED) is 0.440. The summed E-state index contributed by atoms with van der Waals surface area (Å²) in [4.78, 5) is 21.4. The van der Waals surface area contributed by atoms with Crippen molar-refractivity contribution in [3.05, 3.63) is 30.5 Å². The molecule has 2 rings (SSSR count). The van der Waals surface area contributed by atoms with Crippen LogP contribution in [0.3, 0.4) is 0 Å². The Bertz CT molecular complexity index is 791. The third-order valence-electron chi connectivity index (χ3n) is 3.46. The predicted molar refractivity (Wildman–Crippen MR) is 97.4 cm³/mol. The Kier molecular flexibility index (Phi) is 6.35. The van der Waals surface area contributed by atoms with E-state index in [0.717, 1.165) is 10.9 Å². The number of benzene rings is 1. The molecule has 1 heterocycles. The van der Waals surface area contributed by atoms with Crippen molar-refractivity contribution in [2.24, 2.45) is 5.16 Å². The summed E-state index contributed by atoms with van der Waals surface area (Å²) in [6, 6.07) is 7.12. The maximum atomic E-state index is 12.4. The van der Waals surface area contributed by atoms with Gasteiger partial charge in [0.15, 0.2) is 0 Å². The molecular weight excluding hydrogens is 338 g/mol. The topological polar surface area (TPSA) is 91.3 Å². The summed E-state index contributed by atoms with van der Waals surface area (Å²) < 4.78 is 16.0. The maximum absolute atomic E-state index is 12.4. The third-order valence-corrected chi connectivity index (χ3v) is 3.46. The Hall–Kier alpha value is -2.87. The van der Waals surface area contributed by atoms with E-state index in [9.17, 15) is 4.79 Å². The van der Waals surface area contributed by atoms with Gasteiger partial charge in [-0.1, -0.05) is 5.16 Å². The Balaban J connectivity index is 2.14. The Morgan fingerprint density at radius 2 is 1.96 bits per heavy atom. The number of fused-ring (bicyclic) bond motifs is 1. The summed E-state index contributed by atoms with van der Waals surface area (Å²) >= 11 is 0. The highest BCUT2D eigenvalue weighted by Gasteiger charge is 2.26. The van der Waals surface area contributed by atoms with Gasteiger partial charge in [-0.3, -0.25) is 9.78 Å². The molecular formula is C18H23N3O5. The van der Waals surface area contributed by atoms with Gasteiger partial charge in [-0.25, -0.2) is 0 Å². The molecule has 1 atom stereocenters. The van der Waals surface area contributed by atoms with Gasteiger partial charge in [-0.05, 0) is 38.1 Å². The van der Waals surface area contributed by atoms with E-state index in [1.807, 2.05) is 6.07 Å². The number of carbonyl (C=O) groups is 1. The highest BCUT2D eigenvalue weighted by Crippen LogP contribution is 2.23. The van der Waals surface area contributed by atoms with Gasteiger partial charge in [0.2, 0.25) is 0 Å². The lowest BCUT2D eigenvalue weighted by atomic mass is 10.1. The zero-order chi connectivity index (χ0) is 19.2. The Morgan fingerprint density at radius 3 is 2.62 bits per heavy atom. The lowest BCUT2D eigenvalue weighted by molar-refractivity contribution is -0.149. The van der Waals surface area contributed by atoms with Crippen molar-refractivity contribution in [1.29, 1.82) is 0 Å². The first-order chi connectivity index (χ1) is 12.4. The molecule has 1 aromatic carbocycles. The van der Waals surface area contributed by atoms with Gasteiger partial charge in [0.1, 0.15) is 18.6 Å². The number of nitrogens with zero attached hydrogens (tertiary/aromatic N) is 2. The minimum Gasteiger partial charge on any atom is -0.495 e. The van der Waals surface area contributed by atoms with Crippen LogP contribution in [0.15, 0.2) is 35.6 Å². The first kappa shape index (κ1) is 19.5. The third kappa shape index (κ3) is 5.06. The highest BCUT2D eigenvalue weighted by atomic mass is 16.7. The van der Waals surface area contributed by atoms with Crippen molar-refractivity contribution < 1.29 is 23.8 Å². The predicted octanol–water partition coefficient (Wildman–Crippen LogP) is 2.12. The molecule has 0 spiro atoms. The van der Waals surface area contributed by atoms with Crippen LogP contribution in [0.25, 0.3) is 10.9 Å². The summed E-state index contributed by atoms with van der Waals surface area (Å²) in [5.74, 6) is 0.664. The summed E-state index contributed by atoms with van der Waals surface area (Å²) in [6.07, 6.45) is 1.99. The molecule has 0 aliphatic rings. The van der Waals surface area contributed by atoms with Gasteiger partial charge in [-0.2, -0.15) is 0 Å². The molecule has 1 amide bonds. The summed E-state index contributed by atoms with van der Waals surface area (Å²) in [5.41, 5.74) is 0.0574. The van der Waals surface area contributed by atoms with Crippen molar-refractivity contribution in [1.82, 2.24) is 10.3 Å². The van der Waals surface area contributed by atoms with Crippen molar-refractivity contribution >= 4 is 23.0 Å². The normalized spacial score (nSPS) is 12.8. The highest BCUT2D eigenvalue weighted by molar-refractivity contribution is 5.85. The van der Waals surface area contributed by atoms with Crippen LogP contribution < -0.4 is 14.8 Å². The van der Waals surface area contributed by atoms with Crippen LogP contribution in [0.2, 0.25) is 0 Å². The Labute approximate surface area is 152 Å². The molecule has 1 N–H and O–H groups in total. The molecule has 8 heteroatoms. The smallest absolute Gasteiger partial charge is 0.290 e. The molecule has 8 nitrogen and oxygen atoms in total. The zero-order valence-electron chi connectivity index (χ0n) is 15.5. The largest absolute Gasteiger partial charge is 0.495 e. The fraction of sp³-hybridized carbons (Fsp3) is 0.389. The van der Waals surface area contributed by atoms with E-state index in [0.29, 0.717) is 11.5 Å². The number of pyridine rings is 1. The Morgan fingerprint density at radius 1 is 1.23 bits per heavy atom. The molecule has 1 aromatic heterocycles. The number of rotatable bonds is 8. The van der Waals surface area contributed by atoms with Gasteiger partial charge in [0, 0.05) is 12.5 Å². The van der Waals surface area contributed by atoms with Gasteiger partial charge in [0.05, 0.1) is 30.6 Å². The monoisotopic (exact) mass is 361 g/mol. The summed E-state index contributed by atoms with van der Waals surface area (Å²) in [6.45, 7) is 3.54. The second kappa shape index (κ2) is 8.48. The number of methoxy groups -OCH3 is 2. The summed E-state index contributed by atoms with van der Waals surface area (Å²) in [7, 11) is 4.40. The van der Waals surface area contributed by atoms with Gasteiger partial charge < -0.3 is 24.4 Å². The fourth-order valence-electron chi connectivity index (χ4n) is 2.20. The van der Waals surface area contributed by atoms with Crippen molar-refractivity contribution in [3.8, 4) is 11.5 Å². The number of amides is 1. The first-order valence-corrected chi connectivity index (χ1v) is 7.91. The average molecular weight is 361 g/mol. The van der Waals surface area contributed by atoms with Crippen molar-refractivity contribution in [2.75, 3.05) is 21.3 Å². The first-order valence-electron chi connectivity index (χ1n) is 7.91. The van der Waals surface area contributed by atoms with E-state index < -0.39 is 17.7 Å². The van der Waals surface area contributed by atoms with Crippen LogP contribution in [-0.2, 0) is 14.4 Å². The molecule has 0 saturated carbocycles. The molecule has 0 bridgehead atoms. The average Bonchev–Trinajstić information content (AvgIpc) is 2.63. The number of hydrogen-bond donors (Lipinski definition) is 1. The molecule has 0 aliphatic carbocycles. The van der Waals surface area contributed by atoms with E-state index in [1.54, 1.807) is 45.4 Å². The van der Waals surface area contributed by atoms with E-state index in [4.69, 9.17) is 14.2 Å². The molecule has 1 unspecified atom stereocenters. The van der Waals surface area contributed by atoms with E-state index in [1.165, 1.54) is 20.4 Å². The molecule has 26 heavy (non-hydrogen) atoms. The number of hydrogen-bond acceptors (Lipinski definition) is 7. The number of ether oxygens (including phenoxy) is 3. The lowest BCUT2D eigenvalue weighted by Gasteiger charge is -2.24. The fourth-order valence-corrected chi connectivity index (χ4v) is 2.20. The van der Waals surface area contributed by atoms with E-state index in [2.05, 4.69) is 20.3 Å². The molecule has 0 radical (unpaired) electrons. The number of oxime groups is 1. The second-order valence-corrected chi connectivity index (χ2v) is 6.04. The van der Waals surface area contributed by atoms with Crippen LogP contribution in [0.1, 0.15) is 13.8 Å². The maximum Gasteiger partial charge on any atom is 0.290 e. The molecule has 140 valence electrons. The minimum atomic E-state index is -1.12. The van der Waals surface area contributed by atoms with Crippen LogP contribution in [0, 0.1) is 0 Å². The number of aromatic nitrogens is 1. The molecule has 0 aliphatic heterocycles. The van der Waals surface area contributed by atoms with E-state index in [-0.39, 0.29) is 0 Å². The number of nitrogens with one attached hydrogen (secondary N) is 1. The van der Waals surface area contributed by atoms with E-state index >= 15 is 0 Å². The van der Waals surface area contributed by atoms with Gasteiger partial charge in [-0.15, -0.1) is 0 Å². The summed E-state index contributed by atoms with van der Waals surface area (Å²) in [5, 5.41) is 7.27. The van der Waals surface area contributed by atoms with Crippen LogP contribution in [0.5, 0.6) is 11.5 Å². The number of carbonyl (C=O) groups excluding carboxylic acids is 1. The molecule has 0 saturated heterocycles. The molecule has 2 aromatic rings. The van der Waals surface area contributed by atoms with Crippen LogP contribution in [0.4, 0.5) is 0 Å². The van der Waals surface area contributed by atoms with Crippen LogP contribution in [-0.4, -0.2) is 50.3 Å². The van der Waals surface area contributed by atoms with Gasteiger partial charge >= 0.3 is 0 Å². The lowest BCUT2D eigenvalue weighted by Crippen LogP contribution is -2.51. The van der Waals surface area contributed by atoms with Crippen molar-refractivity contribution in [2.45, 2.75) is 25.7 Å². The standard InChI is InChI=1S/C18H23N3O5/c1-18(2,11-20-25-5)21-16(22)17(24-4)26-13-6-7-15-12(8-13)9-14(23-3)10-19-15/h6-11,17H,1-5H3,(H,21,22). The SMILES string of the molecule is CON=CC(C)(C)NC(=O)C(OC)Oc1ccc2ncc(OC)cc2c1. The second-order valence-electron chi connectivity index (χ2n) is 6.04.